The summed E-state index contributed by atoms with van der Waals surface area (Å²) in [7, 11) is 0. The van der Waals surface area contributed by atoms with Crippen molar-refractivity contribution < 1.29 is 14.7 Å². The van der Waals surface area contributed by atoms with Crippen LogP contribution in [0.5, 0.6) is 0 Å². The first-order chi connectivity index (χ1) is 19.6. The third-order valence-electron chi connectivity index (χ3n) is 7.92. The zero-order valence-electron chi connectivity index (χ0n) is 24.3. The van der Waals surface area contributed by atoms with Crippen molar-refractivity contribution in [2.45, 2.75) is 65.5 Å². The Kier molecular flexibility index (Phi) is 8.09. The van der Waals surface area contributed by atoms with E-state index in [4.69, 9.17) is 4.99 Å². The number of benzene rings is 3. The van der Waals surface area contributed by atoms with Crippen molar-refractivity contribution in [3.8, 4) is 0 Å². The first kappa shape index (κ1) is 28.7. The van der Waals surface area contributed by atoms with Crippen LogP contribution in [0.2, 0.25) is 0 Å². The van der Waals surface area contributed by atoms with E-state index in [2.05, 4.69) is 51.7 Å². The molecule has 0 aromatic heterocycles. The molecule has 0 saturated carbocycles. The second kappa shape index (κ2) is 11.6. The minimum Gasteiger partial charge on any atom is -0.478 e. The Bertz CT molecular complexity index is 1530. The number of anilines is 1. The van der Waals surface area contributed by atoms with Crippen LogP contribution in [0.1, 0.15) is 79.1 Å². The molecule has 0 bridgehead atoms. The summed E-state index contributed by atoms with van der Waals surface area (Å²) in [6.45, 7) is 12.6. The van der Waals surface area contributed by atoms with Crippen molar-refractivity contribution in [1.82, 2.24) is 4.90 Å². The van der Waals surface area contributed by atoms with E-state index in [0.717, 1.165) is 41.8 Å². The average Bonchev–Trinajstić information content (AvgIpc) is 3.21. The third-order valence-corrected chi connectivity index (χ3v) is 8.92. The lowest BCUT2D eigenvalue weighted by Crippen LogP contribution is -2.48. The Morgan fingerprint density at radius 2 is 1.83 bits per heavy atom. The smallest absolute Gasteiger partial charge is 0.335 e. The van der Waals surface area contributed by atoms with Gasteiger partial charge in [0.25, 0.3) is 5.91 Å². The number of nitrogens with zero attached hydrogens (tertiary/aromatic N) is 3. The van der Waals surface area contributed by atoms with Crippen LogP contribution in [0, 0.1) is 6.92 Å². The number of aromatic carboxylic acids is 1. The molecule has 1 N–H and O–H groups in total. The quantitative estimate of drug-likeness (QED) is 0.293. The molecular formula is C34H37N3O3S. The van der Waals surface area contributed by atoms with E-state index < -0.39 is 5.97 Å². The monoisotopic (exact) mass is 567 g/mol. The molecular weight excluding hydrogens is 530 g/mol. The number of aliphatic imine (C=N–C) groups is 1. The number of rotatable bonds is 7. The van der Waals surface area contributed by atoms with E-state index in [1.54, 1.807) is 29.2 Å². The molecule has 2 heterocycles. The predicted octanol–water partition coefficient (Wildman–Crippen LogP) is 8.00. The molecule has 7 heteroatoms. The minimum absolute atomic E-state index is 0.0953. The van der Waals surface area contributed by atoms with E-state index in [0.29, 0.717) is 22.5 Å². The van der Waals surface area contributed by atoms with Crippen LogP contribution in [0.3, 0.4) is 0 Å². The fourth-order valence-electron chi connectivity index (χ4n) is 5.87. The molecule has 0 spiro atoms. The van der Waals surface area contributed by atoms with Gasteiger partial charge in [0.05, 0.1) is 22.7 Å². The minimum atomic E-state index is -0.975. The number of carbonyl (C=O) groups excluding carboxylic acids is 1. The van der Waals surface area contributed by atoms with Gasteiger partial charge in [-0.05, 0) is 116 Å². The summed E-state index contributed by atoms with van der Waals surface area (Å²) >= 11 is 1.38. The lowest BCUT2D eigenvalue weighted by Gasteiger charge is -2.48. The van der Waals surface area contributed by atoms with Crippen molar-refractivity contribution >= 4 is 46.3 Å². The number of aryl methyl sites for hydroxylation is 1. The molecule has 212 valence electrons. The molecule has 2 aliphatic heterocycles. The Labute approximate surface area is 246 Å². The van der Waals surface area contributed by atoms with Gasteiger partial charge < -0.3 is 10.0 Å². The van der Waals surface area contributed by atoms with Gasteiger partial charge in [-0.25, -0.2) is 9.79 Å². The van der Waals surface area contributed by atoms with Crippen molar-refractivity contribution in [3.05, 3.63) is 99.5 Å². The van der Waals surface area contributed by atoms with Crippen molar-refractivity contribution in [3.63, 3.8) is 0 Å². The lowest BCUT2D eigenvalue weighted by molar-refractivity contribution is -0.122. The number of amidine groups is 1. The zero-order chi connectivity index (χ0) is 29.3. The van der Waals surface area contributed by atoms with Crippen molar-refractivity contribution in [2.24, 2.45) is 4.99 Å². The molecule has 41 heavy (non-hydrogen) atoms. The highest BCUT2D eigenvalue weighted by molar-refractivity contribution is 8.18. The number of thioether (sulfide) groups is 1. The fraction of sp³-hybridized carbons (Fsp3) is 0.324. The Morgan fingerprint density at radius 1 is 1.12 bits per heavy atom. The molecule has 1 fully saturated rings. The Hall–Kier alpha value is -3.84. The van der Waals surface area contributed by atoms with Crippen LogP contribution in [0.25, 0.3) is 6.08 Å². The number of carboxylic acids is 1. The molecule has 0 radical (unpaired) electrons. The SMILES string of the molecule is CCCN1c2cc(C)c(/C=C3/SC(=Nc4ccccc4)N(Cc4ccc(C(=O)O)cc4)C3=O)cc2C(C)CC1(C)C. The van der Waals surface area contributed by atoms with E-state index >= 15 is 0 Å². The van der Waals surface area contributed by atoms with Crippen LogP contribution in [0.4, 0.5) is 11.4 Å². The normalized spacial score (nSPS) is 20.1. The molecule has 1 atom stereocenters. The second-order valence-corrected chi connectivity index (χ2v) is 12.6. The largest absolute Gasteiger partial charge is 0.478 e. The molecule has 6 nitrogen and oxygen atoms in total. The topological polar surface area (TPSA) is 73.2 Å². The highest BCUT2D eigenvalue weighted by Gasteiger charge is 2.37. The lowest BCUT2D eigenvalue weighted by atomic mass is 9.79. The molecule has 2 aliphatic rings. The number of amides is 1. The molecule has 3 aromatic rings. The Balaban J connectivity index is 1.52. The fourth-order valence-corrected chi connectivity index (χ4v) is 6.86. The van der Waals surface area contributed by atoms with Gasteiger partial charge in [-0.1, -0.05) is 44.2 Å². The summed E-state index contributed by atoms with van der Waals surface area (Å²) < 4.78 is 0. The summed E-state index contributed by atoms with van der Waals surface area (Å²) in [6, 6.07) is 20.8. The highest BCUT2D eigenvalue weighted by Crippen LogP contribution is 2.45. The number of para-hydroxylation sites is 1. The summed E-state index contributed by atoms with van der Waals surface area (Å²) in [5.41, 5.74) is 6.74. The standard InChI is InChI=1S/C34H37N3O3S/c1-6-16-37-29-17-22(2)26(18-28(29)23(3)20-34(37,4)5)19-30-31(38)36(21-24-12-14-25(15-13-24)32(39)40)33(41-30)35-27-10-8-7-9-11-27/h7-15,17-19,23H,6,16,20-21H2,1-5H3,(H,39,40)/b30-19+,35-33?. The van der Waals surface area contributed by atoms with Gasteiger partial charge >= 0.3 is 5.97 Å². The van der Waals surface area contributed by atoms with E-state index in [9.17, 15) is 14.7 Å². The van der Waals surface area contributed by atoms with Crippen LogP contribution >= 0.6 is 11.8 Å². The van der Waals surface area contributed by atoms with E-state index in [1.165, 1.54) is 23.0 Å². The average molecular weight is 568 g/mol. The van der Waals surface area contributed by atoms with Gasteiger partial charge in [0.1, 0.15) is 0 Å². The molecule has 3 aromatic carbocycles. The van der Waals surface area contributed by atoms with Gasteiger partial charge in [0.15, 0.2) is 5.17 Å². The van der Waals surface area contributed by atoms with Crippen LogP contribution in [-0.4, -0.2) is 39.1 Å². The maximum Gasteiger partial charge on any atom is 0.335 e. The summed E-state index contributed by atoms with van der Waals surface area (Å²) in [5.74, 6) is -0.666. The zero-order valence-corrected chi connectivity index (χ0v) is 25.2. The van der Waals surface area contributed by atoms with Gasteiger partial charge in [-0.2, -0.15) is 0 Å². The Morgan fingerprint density at radius 3 is 2.49 bits per heavy atom. The van der Waals surface area contributed by atoms with E-state index in [1.807, 2.05) is 36.4 Å². The molecule has 0 aliphatic carbocycles. The van der Waals surface area contributed by atoms with E-state index in [-0.39, 0.29) is 17.0 Å². The maximum atomic E-state index is 13.8. The van der Waals surface area contributed by atoms with Crippen molar-refractivity contribution in [2.75, 3.05) is 11.4 Å². The molecule has 1 amide bonds. The molecule has 1 unspecified atom stereocenters. The van der Waals surface area contributed by atoms with Crippen molar-refractivity contribution in [1.29, 1.82) is 0 Å². The summed E-state index contributed by atoms with van der Waals surface area (Å²) in [6.07, 6.45) is 4.17. The van der Waals surface area contributed by atoms with Crippen LogP contribution in [0.15, 0.2) is 76.6 Å². The molecule has 5 rings (SSSR count). The number of carbonyl (C=O) groups is 2. The molecule has 1 saturated heterocycles. The van der Waals surface area contributed by atoms with Crippen LogP contribution < -0.4 is 4.90 Å². The predicted molar refractivity (Wildman–Crippen MR) is 169 cm³/mol. The number of fused-ring (bicyclic) bond motifs is 1. The maximum absolute atomic E-state index is 13.8. The first-order valence-electron chi connectivity index (χ1n) is 14.2. The third kappa shape index (κ3) is 5.96. The van der Waals surface area contributed by atoms with Crippen LogP contribution in [-0.2, 0) is 11.3 Å². The van der Waals surface area contributed by atoms with Gasteiger partial charge in [0.2, 0.25) is 0 Å². The summed E-state index contributed by atoms with van der Waals surface area (Å²) in [4.78, 5) is 34.8. The van der Waals surface area contributed by atoms with Gasteiger partial charge in [-0.15, -0.1) is 0 Å². The second-order valence-electron chi connectivity index (χ2n) is 11.6. The highest BCUT2D eigenvalue weighted by atomic mass is 32.2. The number of hydrogen-bond acceptors (Lipinski definition) is 5. The van der Waals surface area contributed by atoms with Gasteiger partial charge in [0, 0.05) is 17.8 Å². The number of carboxylic acid groups (broad SMARTS) is 1. The number of hydrogen-bond donors (Lipinski definition) is 1. The summed E-state index contributed by atoms with van der Waals surface area (Å²) in [5, 5.41) is 9.87. The van der Waals surface area contributed by atoms with Gasteiger partial charge in [-0.3, -0.25) is 9.69 Å². The first-order valence-corrected chi connectivity index (χ1v) is 15.0.